The number of piperidine rings is 1. The molecule has 0 aliphatic carbocycles. The van der Waals surface area contributed by atoms with E-state index in [2.05, 4.69) is 36.2 Å². The number of hydrogen-bond acceptors (Lipinski definition) is 3. The van der Waals surface area contributed by atoms with Gasteiger partial charge in [-0.25, -0.2) is 0 Å². The van der Waals surface area contributed by atoms with Crippen LogP contribution in [0.1, 0.15) is 35.9 Å². The van der Waals surface area contributed by atoms with E-state index in [4.69, 9.17) is 10.8 Å². The number of hydrogen-bond donors (Lipinski definition) is 2. The van der Waals surface area contributed by atoms with Crippen molar-refractivity contribution in [2.45, 2.75) is 24.8 Å². The van der Waals surface area contributed by atoms with E-state index < -0.39 is 0 Å². The Bertz CT molecular complexity index is 342. The van der Waals surface area contributed by atoms with E-state index in [9.17, 15) is 0 Å². The molecule has 1 heterocycles. The smallest absolute Gasteiger partial charge is 0.0624 e. The van der Waals surface area contributed by atoms with Gasteiger partial charge in [0.05, 0.1) is 12.6 Å². The molecule has 2 rings (SSSR count). The maximum absolute atomic E-state index is 9.00. The SMILES string of the molecule is CN1CCC(c2ccc(C(N)CO)cc2)CC1. The summed E-state index contributed by atoms with van der Waals surface area (Å²) >= 11 is 0. The molecule has 1 atom stereocenters. The van der Waals surface area contributed by atoms with Crippen molar-refractivity contribution in [1.82, 2.24) is 4.90 Å². The first kappa shape index (κ1) is 12.6. The molecule has 3 N–H and O–H groups in total. The summed E-state index contributed by atoms with van der Waals surface area (Å²) in [5.41, 5.74) is 8.21. The Labute approximate surface area is 103 Å². The van der Waals surface area contributed by atoms with Crippen LogP contribution in [0.3, 0.4) is 0 Å². The summed E-state index contributed by atoms with van der Waals surface area (Å²) in [4.78, 5) is 2.38. The molecule has 1 saturated heterocycles. The second-order valence-corrected chi connectivity index (χ2v) is 5.03. The molecule has 94 valence electrons. The van der Waals surface area contributed by atoms with Crippen molar-refractivity contribution in [2.75, 3.05) is 26.7 Å². The first-order valence-electron chi connectivity index (χ1n) is 6.35. The van der Waals surface area contributed by atoms with E-state index in [0.717, 1.165) is 5.56 Å². The summed E-state index contributed by atoms with van der Waals surface area (Å²) in [5, 5.41) is 9.00. The molecule has 17 heavy (non-hydrogen) atoms. The van der Waals surface area contributed by atoms with Crippen molar-refractivity contribution in [1.29, 1.82) is 0 Å². The molecule has 0 radical (unpaired) electrons. The molecule has 0 bridgehead atoms. The Morgan fingerprint density at radius 2 is 1.88 bits per heavy atom. The number of nitrogens with two attached hydrogens (primary N) is 1. The van der Waals surface area contributed by atoms with Crippen molar-refractivity contribution in [3.05, 3.63) is 35.4 Å². The standard InChI is InChI=1S/C14H22N2O/c1-16-8-6-12(7-9-16)11-2-4-13(5-3-11)14(15)10-17/h2-5,12,14,17H,6-10,15H2,1H3. The van der Waals surface area contributed by atoms with Crippen molar-refractivity contribution < 1.29 is 5.11 Å². The van der Waals surface area contributed by atoms with E-state index in [0.29, 0.717) is 5.92 Å². The first-order valence-corrected chi connectivity index (χ1v) is 6.35. The molecule has 3 heteroatoms. The van der Waals surface area contributed by atoms with Gasteiger partial charge in [0, 0.05) is 0 Å². The monoisotopic (exact) mass is 234 g/mol. The third-order valence-electron chi connectivity index (χ3n) is 3.75. The fourth-order valence-corrected chi connectivity index (χ4v) is 2.46. The predicted molar refractivity (Wildman–Crippen MR) is 69.9 cm³/mol. The van der Waals surface area contributed by atoms with Gasteiger partial charge in [-0.2, -0.15) is 0 Å². The highest BCUT2D eigenvalue weighted by molar-refractivity contribution is 5.27. The summed E-state index contributed by atoms with van der Waals surface area (Å²) in [6, 6.07) is 8.19. The van der Waals surface area contributed by atoms with E-state index in [-0.39, 0.29) is 12.6 Å². The van der Waals surface area contributed by atoms with Crippen LogP contribution in [0.15, 0.2) is 24.3 Å². The molecule has 1 fully saturated rings. The third kappa shape index (κ3) is 3.06. The molecule has 0 saturated carbocycles. The third-order valence-corrected chi connectivity index (χ3v) is 3.75. The molecule has 1 aliphatic rings. The van der Waals surface area contributed by atoms with Gasteiger partial charge >= 0.3 is 0 Å². The number of benzene rings is 1. The van der Waals surface area contributed by atoms with Crippen molar-refractivity contribution >= 4 is 0 Å². The number of aliphatic hydroxyl groups is 1. The van der Waals surface area contributed by atoms with Crippen LogP contribution < -0.4 is 5.73 Å². The van der Waals surface area contributed by atoms with Gasteiger partial charge in [-0.1, -0.05) is 24.3 Å². The number of nitrogens with zero attached hydrogens (tertiary/aromatic N) is 1. The van der Waals surface area contributed by atoms with Crippen LogP contribution in [-0.4, -0.2) is 36.8 Å². The summed E-state index contributed by atoms with van der Waals surface area (Å²) in [7, 11) is 2.18. The van der Waals surface area contributed by atoms with E-state index >= 15 is 0 Å². The quantitative estimate of drug-likeness (QED) is 0.833. The second kappa shape index (κ2) is 5.63. The number of rotatable bonds is 3. The molecule has 0 amide bonds. The molecule has 0 spiro atoms. The zero-order valence-electron chi connectivity index (χ0n) is 10.5. The second-order valence-electron chi connectivity index (χ2n) is 5.03. The fraction of sp³-hybridized carbons (Fsp3) is 0.571. The van der Waals surface area contributed by atoms with Gasteiger partial charge in [-0.15, -0.1) is 0 Å². The van der Waals surface area contributed by atoms with Gasteiger partial charge in [0.15, 0.2) is 0 Å². The summed E-state index contributed by atoms with van der Waals surface area (Å²) in [5.74, 6) is 0.686. The topological polar surface area (TPSA) is 49.5 Å². The molecular weight excluding hydrogens is 212 g/mol. The molecule has 0 aromatic heterocycles. The lowest BCUT2D eigenvalue weighted by Crippen LogP contribution is -2.29. The molecule has 1 aromatic carbocycles. The zero-order chi connectivity index (χ0) is 12.3. The number of likely N-dealkylation sites (tertiary alicyclic amines) is 1. The predicted octanol–water partition coefficient (Wildman–Crippen LogP) is 1.49. The minimum Gasteiger partial charge on any atom is -0.394 e. The Hall–Kier alpha value is -0.900. The van der Waals surface area contributed by atoms with Crippen LogP contribution >= 0.6 is 0 Å². The lowest BCUT2D eigenvalue weighted by molar-refractivity contribution is 0.255. The number of aliphatic hydroxyl groups excluding tert-OH is 1. The minimum absolute atomic E-state index is 0.00751. The van der Waals surface area contributed by atoms with E-state index in [1.165, 1.54) is 31.5 Å². The van der Waals surface area contributed by atoms with Gasteiger partial charge in [-0.3, -0.25) is 0 Å². The average Bonchev–Trinajstić information content (AvgIpc) is 2.39. The van der Waals surface area contributed by atoms with Crippen LogP contribution in [0.4, 0.5) is 0 Å². The summed E-state index contributed by atoms with van der Waals surface area (Å²) in [6.07, 6.45) is 2.48. The van der Waals surface area contributed by atoms with Crippen LogP contribution in [0, 0.1) is 0 Å². The fourth-order valence-electron chi connectivity index (χ4n) is 2.46. The molecule has 3 nitrogen and oxygen atoms in total. The van der Waals surface area contributed by atoms with Crippen molar-refractivity contribution in [3.8, 4) is 0 Å². The van der Waals surface area contributed by atoms with Gasteiger partial charge < -0.3 is 15.7 Å². The largest absolute Gasteiger partial charge is 0.394 e. The van der Waals surface area contributed by atoms with Gasteiger partial charge in [0.1, 0.15) is 0 Å². The summed E-state index contributed by atoms with van der Waals surface area (Å²) < 4.78 is 0. The maximum Gasteiger partial charge on any atom is 0.0624 e. The Kier molecular flexibility index (Phi) is 4.15. The molecule has 1 aromatic rings. The lowest BCUT2D eigenvalue weighted by Gasteiger charge is -2.29. The highest BCUT2D eigenvalue weighted by atomic mass is 16.3. The van der Waals surface area contributed by atoms with Crippen LogP contribution in [0.2, 0.25) is 0 Å². The van der Waals surface area contributed by atoms with Crippen molar-refractivity contribution in [2.24, 2.45) is 5.73 Å². The minimum atomic E-state index is -0.249. The van der Waals surface area contributed by atoms with Crippen LogP contribution in [0.25, 0.3) is 0 Å². The Morgan fingerprint density at radius 1 is 1.29 bits per heavy atom. The Morgan fingerprint density at radius 3 is 2.41 bits per heavy atom. The van der Waals surface area contributed by atoms with Gasteiger partial charge in [-0.05, 0) is 50.0 Å². The highest BCUT2D eigenvalue weighted by Crippen LogP contribution is 2.28. The normalized spacial score (nSPS) is 20.4. The molecular formula is C14H22N2O. The van der Waals surface area contributed by atoms with Gasteiger partial charge in [0.25, 0.3) is 0 Å². The highest BCUT2D eigenvalue weighted by Gasteiger charge is 2.18. The van der Waals surface area contributed by atoms with E-state index in [1.54, 1.807) is 0 Å². The van der Waals surface area contributed by atoms with Gasteiger partial charge in [0.2, 0.25) is 0 Å². The first-order chi connectivity index (χ1) is 8.20. The Balaban J connectivity index is 2.02. The van der Waals surface area contributed by atoms with E-state index in [1.807, 2.05) is 0 Å². The van der Waals surface area contributed by atoms with Crippen LogP contribution in [0.5, 0.6) is 0 Å². The molecule has 1 aliphatic heterocycles. The zero-order valence-corrected chi connectivity index (χ0v) is 10.5. The van der Waals surface area contributed by atoms with Crippen molar-refractivity contribution in [3.63, 3.8) is 0 Å². The van der Waals surface area contributed by atoms with Crippen LogP contribution in [-0.2, 0) is 0 Å². The summed E-state index contributed by atoms with van der Waals surface area (Å²) in [6.45, 7) is 2.37. The average molecular weight is 234 g/mol. The molecule has 1 unspecified atom stereocenters. The maximum atomic E-state index is 9.00. The lowest BCUT2D eigenvalue weighted by atomic mass is 9.89.